The molecule has 5 rings (SSSR count). The average Bonchev–Trinajstić information content (AvgIpc) is 3.39. The van der Waals surface area contributed by atoms with Gasteiger partial charge in [-0.15, -0.1) is 11.3 Å². The maximum atomic E-state index is 13.1. The molecular weight excluding hydrogens is 452 g/mol. The summed E-state index contributed by atoms with van der Waals surface area (Å²) in [4.78, 5) is 18.8. The van der Waals surface area contributed by atoms with Crippen molar-refractivity contribution in [3.8, 4) is 22.1 Å². The molecule has 3 heterocycles. The van der Waals surface area contributed by atoms with Gasteiger partial charge in [0.1, 0.15) is 0 Å². The van der Waals surface area contributed by atoms with Crippen LogP contribution in [0.15, 0.2) is 64.5 Å². The van der Waals surface area contributed by atoms with Crippen molar-refractivity contribution in [1.29, 1.82) is 0 Å². The molecule has 0 saturated heterocycles. The van der Waals surface area contributed by atoms with Gasteiger partial charge in [0.2, 0.25) is 6.79 Å². The first-order chi connectivity index (χ1) is 14.2. The second-order valence-corrected chi connectivity index (χ2v) is 9.01. The van der Waals surface area contributed by atoms with Gasteiger partial charge in [0, 0.05) is 11.9 Å². The van der Waals surface area contributed by atoms with Crippen LogP contribution in [0.1, 0.15) is 15.9 Å². The van der Waals surface area contributed by atoms with Crippen LogP contribution >= 0.6 is 27.3 Å². The van der Waals surface area contributed by atoms with Crippen molar-refractivity contribution >= 4 is 44.1 Å². The summed E-state index contributed by atoms with van der Waals surface area (Å²) in [5.74, 6) is 1.29. The standard InChI is InChI=1S/C22H15BrN2O3S/c23-21-8-7-20(29-21)17-10-15(14-3-1-2-4-16(14)25-17)22(26)24-11-13-5-6-18-19(9-13)28-12-27-18/h1-10H,11-12H2,(H,24,26). The smallest absolute Gasteiger partial charge is 0.252 e. The molecule has 2 aromatic heterocycles. The molecular formula is C22H15BrN2O3S. The van der Waals surface area contributed by atoms with Gasteiger partial charge < -0.3 is 14.8 Å². The van der Waals surface area contributed by atoms with E-state index < -0.39 is 0 Å². The van der Waals surface area contributed by atoms with Gasteiger partial charge in [-0.2, -0.15) is 0 Å². The number of benzene rings is 2. The Hall–Kier alpha value is -2.90. The van der Waals surface area contributed by atoms with E-state index >= 15 is 0 Å². The molecule has 0 fully saturated rings. The Morgan fingerprint density at radius 2 is 1.93 bits per heavy atom. The lowest BCUT2D eigenvalue weighted by molar-refractivity contribution is 0.0952. The van der Waals surface area contributed by atoms with E-state index in [9.17, 15) is 4.79 Å². The number of hydrogen-bond donors (Lipinski definition) is 1. The predicted octanol–water partition coefficient (Wildman–Crippen LogP) is 5.38. The Morgan fingerprint density at radius 1 is 1.07 bits per heavy atom. The largest absolute Gasteiger partial charge is 0.454 e. The maximum absolute atomic E-state index is 13.1. The Morgan fingerprint density at radius 3 is 2.79 bits per heavy atom. The first-order valence-electron chi connectivity index (χ1n) is 8.99. The number of carbonyl (C=O) groups excluding carboxylic acids is 1. The van der Waals surface area contributed by atoms with Crippen molar-refractivity contribution in [3.05, 3.63) is 75.6 Å². The fraction of sp³-hybridized carbons (Fsp3) is 0.0909. The van der Waals surface area contributed by atoms with E-state index in [1.54, 1.807) is 11.3 Å². The first kappa shape index (κ1) is 18.1. The number of halogens is 1. The molecule has 2 aromatic carbocycles. The predicted molar refractivity (Wildman–Crippen MR) is 116 cm³/mol. The van der Waals surface area contributed by atoms with Crippen molar-refractivity contribution in [1.82, 2.24) is 10.3 Å². The minimum atomic E-state index is -0.141. The zero-order valence-electron chi connectivity index (χ0n) is 15.1. The van der Waals surface area contributed by atoms with E-state index in [-0.39, 0.29) is 12.7 Å². The molecule has 1 N–H and O–H groups in total. The third-order valence-electron chi connectivity index (χ3n) is 4.68. The number of aromatic nitrogens is 1. The summed E-state index contributed by atoms with van der Waals surface area (Å²) < 4.78 is 11.8. The summed E-state index contributed by atoms with van der Waals surface area (Å²) in [5, 5.41) is 3.84. The molecule has 0 aliphatic carbocycles. The lowest BCUT2D eigenvalue weighted by Crippen LogP contribution is -2.23. The van der Waals surface area contributed by atoms with Crippen LogP contribution in [0, 0.1) is 0 Å². The number of fused-ring (bicyclic) bond motifs is 2. The highest BCUT2D eigenvalue weighted by Gasteiger charge is 2.16. The Bertz CT molecular complexity index is 1240. The maximum Gasteiger partial charge on any atom is 0.252 e. The van der Waals surface area contributed by atoms with Crippen molar-refractivity contribution < 1.29 is 14.3 Å². The van der Waals surface area contributed by atoms with Crippen LogP contribution in [-0.4, -0.2) is 17.7 Å². The number of para-hydroxylation sites is 1. The van der Waals surface area contributed by atoms with E-state index in [0.29, 0.717) is 17.9 Å². The zero-order chi connectivity index (χ0) is 19.8. The molecule has 1 aliphatic heterocycles. The molecule has 0 saturated carbocycles. The molecule has 7 heteroatoms. The SMILES string of the molecule is O=C(NCc1ccc2c(c1)OCO2)c1cc(-c2ccc(Br)s2)nc2ccccc12. The zero-order valence-corrected chi connectivity index (χ0v) is 17.5. The quantitative estimate of drug-likeness (QED) is 0.438. The molecule has 1 amide bonds. The number of nitrogens with zero attached hydrogens (tertiary/aromatic N) is 1. The van der Waals surface area contributed by atoms with Crippen LogP contribution in [0.5, 0.6) is 11.5 Å². The topological polar surface area (TPSA) is 60.5 Å². The minimum Gasteiger partial charge on any atom is -0.454 e. The fourth-order valence-electron chi connectivity index (χ4n) is 3.27. The normalized spacial score (nSPS) is 12.3. The number of pyridine rings is 1. The van der Waals surface area contributed by atoms with Crippen LogP contribution in [0.2, 0.25) is 0 Å². The van der Waals surface area contributed by atoms with Crippen LogP contribution in [0.3, 0.4) is 0 Å². The van der Waals surface area contributed by atoms with E-state index in [1.165, 1.54) is 0 Å². The number of nitrogens with one attached hydrogen (secondary N) is 1. The number of hydrogen-bond acceptors (Lipinski definition) is 5. The van der Waals surface area contributed by atoms with Crippen LogP contribution in [0.25, 0.3) is 21.5 Å². The fourth-order valence-corrected chi connectivity index (χ4v) is 4.62. The van der Waals surface area contributed by atoms with Gasteiger partial charge in [0.15, 0.2) is 11.5 Å². The summed E-state index contributed by atoms with van der Waals surface area (Å²) in [7, 11) is 0. The van der Waals surface area contributed by atoms with Gasteiger partial charge >= 0.3 is 0 Å². The number of ether oxygens (including phenoxy) is 2. The van der Waals surface area contributed by atoms with Crippen LogP contribution in [-0.2, 0) is 6.54 Å². The summed E-state index contributed by atoms with van der Waals surface area (Å²) in [6.07, 6.45) is 0. The molecule has 0 bridgehead atoms. The molecule has 1 aliphatic rings. The second kappa shape index (κ2) is 7.50. The average molecular weight is 467 g/mol. The molecule has 0 atom stereocenters. The third-order valence-corrected chi connectivity index (χ3v) is 6.32. The Labute approximate surface area is 179 Å². The van der Waals surface area contributed by atoms with Crippen molar-refractivity contribution in [2.24, 2.45) is 0 Å². The summed E-state index contributed by atoms with van der Waals surface area (Å²) in [6, 6.07) is 19.2. The van der Waals surface area contributed by atoms with Crippen LogP contribution in [0.4, 0.5) is 0 Å². The van der Waals surface area contributed by atoms with Gasteiger partial charge in [0.05, 0.1) is 25.4 Å². The van der Waals surface area contributed by atoms with Crippen molar-refractivity contribution in [3.63, 3.8) is 0 Å². The van der Waals surface area contributed by atoms with E-state index in [0.717, 1.165) is 36.6 Å². The molecule has 144 valence electrons. The highest BCUT2D eigenvalue weighted by Crippen LogP contribution is 2.33. The van der Waals surface area contributed by atoms with Crippen LogP contribution < -0.4 is 14.8 Å². The highest BCUT2D eigenvalue weighted by molar-refractivity contribution is 9.11. The number of amides is 1. The molecule has 0 unspecified atom stereocenters. The molecule has 4 aromatic rings. The van der Waals surface area contributed by atoms with E-state index in [1.807, 2.05) is 60.7 Å². The number of carbonyl (C=O) groups is 1. The molecule has 5 nitrogen and oxygen atoms in total. The molecule has 0 spiro atoms. The second-order valence-electron chi connectivity index (χ2n) is 6.55. The minimum absolute atomic E-state index is 0.141. The monoisotopic (exact) mass is 466 g/mol. The van der Waals surface area contributed by atoms with Gasteiger partial charge in [-0.05, 0) is 57.9 Å². The van der Waals surface area contributed by atoms with Crippen molar-refractivity contribution in [2.45, 2.75) is 6.54 Å². The molecule has 0 radical (unpaired) electrons. The highest BCUT2D eigenvalue weighted by atomic mass is 79.9. The number of thiophene rings is 1. The first-order valence-corrected chi connectivity index (χ1v) is 10.6. The van der Waals surface area contributed by atoms with Gasteiger partial charge in [-0.25, -0.2) is 4.98 Å². The summed E-state index contributed by atoms with van der Waals surface area (Å²) in [5.41, 5.74) is 3.13. The summed E-state index contributed by atoms with van der Waals surface area (Å²) >= 11 is 5.08. The van der Waals surface area contributed by atoms with Gasteiger partial charge in [-0.1, -0.05) is 24.3 Å². The molecule has 29 heavy (non-hydrogen) atoms. The number of rotatable bonds is 4. The van der Waals surface area contributed by atoms with Gasteiger partial charge in [-0.3, -0.25) is 4.79 Å². The Balaban J connectivity index is 1.46. The van der Waals surface area contributed by atoms with E-state index in [4.69, 9.17) is 14.5 Å². The van der Waals surface area contributed by atoms with Crippen molar-refractivity contribution in [2.75, 3.05) is 6.79 Å². The lowest BCUT2D eigenvalue weighted by atomic mass is 10.1. The lowest BCUT2D eigenvalue weighted by Gasteiger charge is -2.10. The summed E-state index contributed by atoms with van der Waals surface area (Å²) in [6.45, 7) is 0.627. The van der Waals surface area contributed by atoms with Gasteiger partial charge in [0.25, 0.3) is 5.91 Å². The third kappa shape index (κ3) is 3.59. The Kier molecular flexibility index (Phi) is 4.69. The van der Waals surface area contributed by atoms with E-state index in [2.05, 4.69) is 21.2 Å².